The van der Waals surface area contributed by atoms with Gasteiger partial charge in [0.15, 0.2) is 5.82 Å². The molecule has 0 spiro atoms. The van der Waals surface area contributed by atoms with E-state index in [0.717, 1.165) is 5.56 Å². The van der Waals surface area contributed by atoms with Gasteiger partial charge in [0.2, 0.25) is 0 Å². The lowest BCUT2D eigenvalue weighted by atomic mass is 10.1. The Kier molecular flexibility index (Phi) is 4.97. The lowest BCUT2D eigenvalue weighted by molar-refractivity contribution is -0.168. The monoisotopic (exact) mass is 402 g/mol. The molecule has 1 unspecified atom stereocenters. The van der Waals surface area contributed by atoms with Gasteiger partial charge in [-0.25, -0.2) is 4.98 Å². The van der Waals surface area contributed by atoms with Crippen LogP contribution in [0.2, 0.25) is 0 Å². The topological polar surface area (TPSA) is 66.8 Å². The molecule has 0 bridgehead atoms. The van der Waals surface area contributed by atoms with Crippen molar-refractivity contribution in [1.82, 2.24) is 20.2 Å². The average molecular weight is 402 g/mol. The third-order valence-electron chi connectivity index (χ3n) is 5.14. The first-order valence-corrected chi connectivity index (χ1v) is 9.48. The molecule has 1 aliphatic rings. The van der Waals surface area contributed by atoms with Crippen LogP contribution >= 0.6 is 0 Å². The van der Waals surface area contributed by atoms with Crippen molar-refractivity contribution in [2.75, 3.05) is 23.3 Å². The van der Waals surface area contributed by atoms with Gasteiger partial charge in [-0.1, -0.05) is 13.8 Å². The maximum Gasteiger partial charge on any atom is 0.393 e. The van der Waals surface area contributed by atoms with Gasteiger partial charge in [-0.05, 0) is 42.2 Å². The number of hydrogen-bond donors (Lipinski definition) is 1. The van der Waals surface area contributed by atoms with E-state index in [1.54, 1.807) is 29.4 Å². The van der Waals surface area contributed by atoms with E-state index in [0.29, 0.717) is 40.8 Å². The Morgan fingerprint density at radius 1 is 1.10 bits per heavy atom. The molecule has 4 rings (SSSR count). The van der Waals surface area contributed by atoms with Crippen molar-refractivity contribution in [2.45, 2.75) is 32.4 Å². The standard InChI is InChI=1S/C20H21F3N6/c1-12(2)13-7-19(28-25-9-13)27-18-4-3-16-17(26-18)8-15(10-24-16)29-6-5-14(11-29)20(21,22)23/h3-4,7-10,12,14H,5-6,11H2,1-2H3,(H,26,27,28). The zero-order valence-electron chi connectivity index (χ0n) is 16.1. The highest BCUT2D eigenvalue weighted by atomic mass is 19.4. The first-order valence-electron chi connectivity index (χ1n) is 9.48. The number of hydrogen-bond acceptors (Lipinski definition) is 6. The molecule has 0 radical (unpaired) electrons. The Morgan fingerprint density at radius 3 is 2.66 bits per heavy atom. The molecule has 6 nitrogen and oxygen atoms in total. The summed E-state index contributed by atoms with van der Waals surface area (Å²) in [6.45, 7) is 4.45. The summed E-state index contributed by atoms with van der Waals surface area (Å²) in [6.07, 6.45) is -0.737. The van der Waals surface area contributed by atoms with E-state index in [1.165, 1.54) is 0 Å². The quantitative estimate of drug-likeness (QED) is 0.684. The van der Waals surface area contributed by atoms with Gasteiger partial charge in [0.05, 0.1) is 35.0 Å². The molecule has 0 saturated carbocycles. The first-order chi connectivity index (χ1) is 13.8. The third-order valence-corrected chi connectivity index (χ3v) is 5.14. The van der Waals surface area contributed by atoms with Gasteiger partial charge in [-0.2, -0.15) is 18.3 Å². The van der Waals surface area contributed by atoms with Crippen molar-refractivity contribution >= 4 is 28.4 Å². The summed E-state index contributed by atoms with van der Waals surface area (Å²) in [7, 11) is 0. The van der Waals surface area contributed by atoms with Gasteiger partial charge in [-0.15, -0.1) is 5.10 Å². The van der Waals surface area contributed by atoms with Crippen LogP contribution in [0.5, 0.6) is 0 Å². The lowest BCUT2D eigenvalue weighted by Gasteiger charge is -2.19. The van der Waals surface area contributed by atoms with Crippen molar-refractivity contribution in [1.29, 1.82) is 0 Å². The van der Waals surface area contributed by atoms with Crippen LogP contribution < -0.4 is 10.2 Å². The molecule has 1 atom stereocenters. The Bertz CT molecular complexity index is 1020. The smallest absolute Gasteiger partial charge is 0.370 e. The fraction of sp³-hybridized carbons (Fsp3) is 0.400. The first kappa shape index (κ1) is 19.4. The summed E-state index contributed by atoms with van der Waals surface area (Å²) in [6, 6.07) is 7.30. The molecular weight excluding hydrogens is 381 g/mol. The van der Waals surface area contributed by atoms with Crippen LogP contribution in [-0.4, -0.2) is 39.4 Å². The molecule has 0 aromatic carbocycles. The normalized spacial score (nSPS) is 17.3. The molecule has 1 saturated heterocycles. The molecule has 1 fully saturated rings. The third kappa shape index (κ3) is 4.23. The number of rotatable bonds is 4. The summed E-state index contributed by atoms with van der Waals surface area (Å²) in [5.41, 5.74) is 2.99. The van der Waals surface area contributed by atoms with E-state index < -0.39 is 12.1 Å². The summed E-state index contributed by atoms with van der Waals surface area (Å²) in [4.78, 5) is 10.6. The molecular formula is C20H21F3N6. The number of pyridine rings is 2. The maximum atomic E-state index is 13.0. The Morgan fingerprint density at radius 2 is 1.93 bits per heavy atom. The molecule has 1 aliphatic heterocycles. The number of aromatic nitrogens is 4. The number of nitrogens with zero attached hydrogens (tertiary/aromatic N) is 5. The second-order valence-corrected chi connectivity index (χ2v) is 7.56. The minimum absolute atomic E-state index is 0.0494. The summed E-state index contributed by atoms with van der Waals surface area (Å²) in [5.74, 6) is 0.176. The largest absolute Gasteiger partial charge is 0.393 e. The average Bonchev–Trinajstić information content (AvgIpc) is 3.18. The van der Waals surface area contributed by atoms with Gasteiger partial charge >= 0.3 is 6.18 Å². The number of nitrogens with one attached hydrogen (secondary N) is 1. The zero-order valence-corrected chi connectivity index (χ0v) is 16.1. The Hall–Kier alpha value is -2.97. The van der Waals surface area contributed by atoms with Crippen LogP contribution in [0.1, 0.15) is 31.7 Å². The van der Waals surface area contributed by atoms with Crippen LogP contribution in [0.15, 0.2) is 36.7 Å². The minimum atomic E-state index is -4.17. The van der Waals surface area contributed by atoms with E-state index in [4.69, 9.17) is 0 Å². The van der Waals surface area contributed by atoms with E-state index in [9.17, 15) is 13.2 Å². The van der Waals surface area contributed by atoms with Gasteiger partial charge < -0.3 is 10.2 Å². The van der Waals surface area contributed by atoms with E-state index in [-0.39, 0.29) is 13.0 Å². The molecule has 4 heterocycles. The predicted molar refractivity (Wildman–Crippen MR) is 105 cm³/mol. The van der Waals surface area contributed by atoms with Crippen molar-refractivity contribution in [3.63, 3.8) is 0 Å². The fourth-order valence-electron chi connectivity index (χ4n) is 3.39. The minimum Gasteiger partial charge on any atom is -0.370 e. The maximum absolute atomic E-state index is 13.0. The second kappa shape index (κ2) is 7.46. The van der Waals surface area contributed by atoms with Gasteiger partial charge in [0.1, 0.15) is 5.82 Å². The van der Waals surface area contributed by atoms with Crippen molar-refractivity contribution in [2.24, 2.45) is 5.92 Å². The number of anilines is 3. The molecule has 1 N–H and O–H groups in total. The number of alkyl halides is 3. The van der Waals surface area contributed by atoms with E-state index in [1.807, 2.05) is 12.1 Å². The van der Waals surface area contributed by atoms with Crippen LogP contribution in [0.25, 0.3) is 11.0 Å². The molecule has 3 aromatic heterocycles. The highest BCUT2D eigenvalue weighted by Gasteiger charge is 2.43. The van der Waals surface area contributed by atoms with Gasteiger partial charge in [0.25, 0.3) is 0 Å². The van der Waals surface area contributed by atoms with Gasteiger partial charge in [0, 0.05) is 13.1 Å². The van der Waals surface area contributed by atoms with Crippen LogP contribution in [0.4, 0.5) is 30.5 Å². The summed E-state index contributed by atoms with van der Waals surface area (Å²) >= 11 is 0. The van der Waals surface area contributed by atoms with Crippen LogP contribution in [0, 0.1) is 5.92 Å². The van der Waals surface area contributed by atoms with Crippen molar-refractivity contribution in [3.05, 3.63) is 42.2 Å². The molecule has 9 heteroatoms. The molecule has 152 valence electrons. The SMILES string of the molecule is CC(C)c1cnnc(Nc2ccc3ncc(N4CCC(C(F)(F)F)C4)cc3n2)c1. The summed E-state index contributed by atoms with van der Waals surface area (Å²) < 4.78 is 38.9. The van der Waals surface area contributed by atoms with Gasteiger partial charge in [-0.3, -0.25) is 4.98 Å². The fourth-order valence-corrected chi connectivity index (χ4v) is 3.39. The predicted octanol–water partition coefficient (Wildman–Crippen LogP) is 4.68. The molecule has 0 amide bonds. The van der Waals surface area contributed by atoms with Crippen molar-refractivity contribution in [3.8, 4) is 0 Å². The zero-order chi connectivity index (χ0) is 20.6. The van der Waals surface area contributed by atoms with E-state index in [2.05, 4.69) is 39.3 Å². The highest BCUT2D eigenvalue weighted by Crippen LogP contribution is 2.35. The molecule has 3 aromatic rings. The summed E-state index contributed by atoms with van der Waals surface area (Å²) in [5, 5.41) is 11.2. The Balaban J connectivity index is 1.57. The lowest BCUT2D eigenvalue weighted by Crippen LogP contribution is -2.27. The number of fused-ring (bicyclic) bond motifs is 1. The molecule has 0 aliphatic carbocycles. The Labute approximate surface area is 166 Å². The highest BCUT2D eigenvalue weighted by molar-refractivity contribution is 5.80. The number of halogens is 3. The van der Waals surface area contributed by atoms with Crippen LogP contribution in [-0.2, 0) is 0 Å². The second-order valence-electron chi connectivity index (χ2n) is 7.56. The molecule has 29 heavy (non-hydrogen) atoms. The van der Waals surface area contributed by atoms with Crippen LogP contribution in [0.3, 0.4) is 0 Å². The van der Waals surface area contributed by atoms with E-state index >= 15 is 0 Å². The van der Waals surface area contributed by atoms with Crippen molar-refractivity contribution < 1.29 is 13.2 Å².